The van der Waals surface area contributed by atoms with Crippen molar-refractivity contribution in [3.05, 3.63) is 0 Å². The molecule has 1 aliphatic rings. The molecule has 1 atom stereocenters. The molecular formula is C6H12N2O. The van der Waals surface area contributed by atoms with Crippen LogP contribution in [0.1, 0.15) is 20.8 Å². The van der Waals surface area contributed by atoms with Gasteiger partial charge in [0, 0.05) is 5.28 Å². The molecule has 0 aromatic carbocycles. The fourth-order valence-corrected chi connectivity index (χ4v) is 0.651. The molecule has 0 bridgehead atoms. The Balaban J connectivity index is 2.53. The summed E-state index contributed by atoms with van der Waals surface area (Å²) >= 11 is 0. The van der Waals surface area contributed by atoms with Gasteiger partial charge in [-0.25, -0.2) is 0 Å². The average Bonchev–Trinajstić information content (AvgIpc) is 2.08. The minimum absolute atomic E-state index is 0.194. The highest BCUT2D eigenvalue weighted by Gasteiger charge is 2.28. The summed E-state index contributed by atoms with van der Waals surface area (Å²) in [5, 5.41) is 7.37. The Hall–Kier alpha value is -0.600. The van der Waals surface area contributed by atoms with E-state index in [4.69, 9.17) is 4.84 Å². The number of hydrogen-bond donors (Lipinski definition) is 0. The van der Waals surface area contributed by atoms with Crippen LogP contribution in [-0.2, 0) is 4.84 Å². The average molecular weight is 128 g/mol. The van der Waals surface area contributed by atoms with Gasteiger partial charge < -0.3 is 4.84 Å². The largest absolute Gasteiger partial charge is 0.377 e. The Labute approximate surface area is 55.1 Å². The third-order valence-corrected chi connectivity index (χ3v) is 1.48. The molecule has 52 valence electrons. The normalized spacial score (nSPS) is 26.3. The Morgan fingerprint density at radius 2 is 2.11 bits per heavy atom. The van der Waals surface area contributed by atoms with E-state index in [1.165, 1.54) is 0 Å². The molecule has 0 amide bonds. The van der Waals surface area contributed by atoms with Crippen molar-refractivity contribution in [2.75, 3.05) is 6.61 Å². The summed E-state index contributed by atoms with van der Waals surface area (Å²) in [6, 6.07) is 0.248. The molecule has 1 unspecified atom stereocenters. The van der Waals surface area contributed by atoms with E-state index in [1.807, 2.05) is 0 Å². The lowest BCUT2D eigenvalue weighted by Gasteiger charge is -2.20. The van der Waals surface area contributed by atoms with Crippen LogP contribution in [0, 0.1) is 5.41 Å². The quantitative estimate of drug-likeness (QED) is 0.489. The van der Waals surface area contributed by atoms with E-state index < -0.39 is 0 Å². The van der Waals surface area contributed by atoms with Crippen molar-refractivity contribution in [2.45, 2.75) is 26.8 Å². The van der Waals surface area contributed by atoms with E-state index in [1.54, 1.807) is 0 Å². The third-order valence-electron chi connectivity index (χ3n) is 1.48. The van der Waals surface area contributed by atoms with Crippen molar-refractivity contribution < 1.29 is 4.84 Å². The van der Waals surface area contributed by atoms with Crippen LogP contribution >= 0.6 is 0 Å². The van der Waals surface area contributed by atoms with Gasteiger partial charge in [0.05, 0.1) is 0 Å². The van der Waals surface area contributed by atoms with Gasteiger partial charge >= 0.3 is 0 Å². The maximum absolute atomic E-state index is 4.74. The van der Waals surface area contributed by atoms with Crippen LogP contribution in [0.3, 0.4) is 0 Å². The molecular weight excluding hydrogens is 116 g/mol. The van der Waals surface area contributed by atoms with Crippen LogP contribution in [0.5, 0.6) is 0 Å². The maximum atomic E-state index is 4.74. The van der Waals surface area contributed by atoms with Crippen molar-refractivity contribution in [2.24, 2.45) is 15.8 Å². The number of nitrogens with zero attached hydrogens (tertiary/aromatic N) is 2. The Morgan fingerprint density at radius 3 is 2.33 bits per heavy atom. The second-order valence-electron chi connectivity index (χ2n) is 3.37. The molecule has 1 rings (SSSR count). The molecule has 0 saturated heterocycles. The molecule has 0 aromatic rings. The topological polar surface area (TPSA) is 34.0 Å². The SMILES string of the molecule is CC(C)(C)C1CON=N1. The molecule has 3 nitrogen and oxygen atoms in total. The van der Waals surface area contributed by atoms with Crippen LogP contribution in [0.15, 0.2) is 10.4 Å². The predicted octanol–water partition coefficient (Wildman–Crippen LogP) is 1.80. The monoisotopic (exact) mass is 128 g/mol. The van der Waals surface area contributed by atoms with Gasteiger partial charge in [0.15, 0.2) is 0 Å². The van der Waals surface area contributed by atoms with E-state index in [-0.39, 0.29) is 11.5 Å². The minimum atomic E-state index is 0.194. The summed E-state index contributed by atoms with van der Waals surface area (Å²) < 4.78 is 0. The van der Waals surface area contributed by atoms with Crippen molar-refractivity contribution in [3.63, 3.8) is 0 Å². The van der Waals surface area contributed by atoms with Gasteiger partial charge in [-0.05, 0) is 5.41 Å². The molecule has 3 heteroatoms. The smallest absolute Gasteiger partial charge is 0.143 e. The Morgan fingerprint density at radius 1 is 1.44 bits per heavy atom. The highest BCUT2D eigenvalue weighted by atomic mass is 16.7. The fraction of sp³-hybridized carbons (Fsp3) is 1.00. The Bertz CT molecular complexity index is 126. The summed E-state index contributed by atoms with van der Waals surface area (Å²) in [4.78, 5) is 4.74. The molecule has 0 aromatic heterocycles. The lowest BCUT2D eigenvalue weighted by atomic mass is 9.88. The number of rotatable bonds is 0. The summed E-state index contributed by atoms with van der Waals surface area (Å²) in [6.07, 6.45) is 0. The molecule has 0 spiro atoms. The van der Waals surface area contributed by atoms with Gasteiger partial charge in [-0.1, -0.05) is 20.8 Å². The molecule has 0 radical (unpaired) electrons. The lowest BCUT2D eigenvalue weighted by Crippen LogP contribution is -2.25. The first-order valence-corrected chi connectivity index (χ1v) is 3.13. The van der Waals surface area contributed by atoms with Gasteiger partial charge in [0.1, 0.15) is 12.6 Å². The van der Waals surface area contributed by atoms with Gasteiger partial charge in [-0.2, -0.15) is 0 Å². The second-order valence-corrected chi connectivity index (χ2v) is 3.37. The van der Waals surface area contributed by atoms with Crippen LogP contribution < -0.4 is 0 Å². The zero-order valence-electron chi connectivity index (χ0n) is 6.09. The van der Waals surface area contributed by atoms with Gasteiger partial charge in [-0.15, -0.1) is 5.11 Å². The highest BCUT2D eigenvalue weighted by molar-refractivity contribution is 4.79. The standard InChI is InChI=1S/C6H12N2O/c1-6(2,3)5-4-9-8-7-5/h5H,4H2,1-3H3. The highest BCUT2D eigenvalue weighted by Crippen LogP contribution is 2.25. The van der Waals surface area contributed by atoms with Crippen LogP contribution in [0.25, 0.3) is 0 Å². The summed E-state index contributed by atoms with van der Waals surface area (Å²) in [5.74, 6) is 0. The molecule has 0 aliphatic carbocycles. The first-order chi connectivity index (χ1) is 4.11. The molecule has 1 aliphatic heterocycles. The van der Waals surface area contributed by atoms with Crippen molar-refractivity contribution in [1.82, 2.24) is 0 Å². The second kappa shape index (κ2) is 1.97. The van der Waals surface area contributed by atoms with Gasteiger partial charge in [0.2, 0.25) is 0 Å². The van der Waals surface area contributed by atoms with Crippen molar-refractivity contribution in [3.8, 4) is 0 Å². The molecule has 0 fully saturated rings. The van der Waals surface area contributed by atoms with E-state index in [0.717, 1.165) is 0 Å². The maximum Gasteiger partial charge on any atom is 0.143 e. The molecule has 0 saturated carbocycles. The van der Waals surface area contributed by atoms with Crippen LogP contribution in [-0.4, -0.2) is 12.6 Å². The molecule has 1 heterocycles. The zero-order chi connectivity index (χ0) is 6.91. The minimum Gasteiger partial charge on any atom is -0.377 e. The first kappa shape index (κ1) is 6.52. The van der Waals surface area contributed by atoms with Gasteiger partial charge in [-0.3, -0.25) is 0 Å². The van der Waals surface area contributed by atoms with Crippen LogP contribution in [0.4, 0.5) is 0 Å². The van der Waals surface area contributed by atoms with Crippen molar-refractivity contribution >= 4 is 0 Å². The molecule has 9 heavy (non-hydrogen) atoms. The summed E-state index contributed by atoms with van der Waals surface area (Å²) in [6.45, 7) is 7.03. The van der Waals surface area contributed by atoms with Crippen molar-refractivity contribution in [1.29, 1.82) is 0 Å². The zero-order valence-corrected chi connectivity index (χ0v) is 6.09. The van der Waals surface area contributed by atoms with E-state index >= 15 is 0 Å². The summed E-state index contributed by atoms with van der Waals surface area (Å²) in [7, 11) is 0. The number of hydrogen-bond acceptors (Lipinski definition) is 3. The first-order valence-electron chi connectivity index (χ1n) is 3.13. The lowest BCUT2D eigenvalue weighted by molar-refractivity contribution is 0.144. The fourth-order valence-electron chi connectivity index (χ4n) is 0.651. The van der Waals surface area contributed by atoms with Gasteiger partial charge in [0.25, 0.3) is 0 Å². The Kier molecular flexibility index (Phi) is 1.43. The third kappa shape index (κ3) is 1.40. The van der Waals surface area contributed by atoms with E-state index in [0.29, 0.717) is 6.61 Å². The van der Waals surface area contributed by atoms with Crippen LogP contribution in [0.2, 0.25) is 0 Å². The molecule has 0 N–H and O–H groups in total. The predicted molar refractivity (Wildman–Crippen MR) is 34.1 cm³/mol. The van der Waals surface area contributed by atoms with E-state index in [2.05, 4.69) is 31.2 Å². The summed E-state index contributed by atoms with van der Waals surface area (Å²) in [5.41, 5.74) is 0.194. The van der Waals surface area contributed by atoms with E-state index in [9.17, 15) is 0 Å².